The predicted octanol–water partition coefficient (Wildman–Crippen LogP) is 4.53. The lowest BCUT2D eigenvalue weighted by molar-refractivity contribution is -0.126. The second-order valence-corrected chi connectivity index (χ2v) is 6.27. The van der Waals surface area contributed by atoms with E-state index >= 15 is 0 Å². The fourth-order valence-electron chi connectivity index (χ4n) is 3.30. The minimum absolute atomic E-state index is 0.0637. The molecule has 0 aromatic heterocycles. The third kappa shape index (κ3) is 4.69. The van der Waals surface area contributed by atoms with E-state index in [-0.39, 0.29) is 17.7 Å². The molecule has 1 amide bonds. The summed E-state index contributed by atoms with van der Waals surface area (Å²) >= 11 is 0. The number of alkyl halides is 2. The van der Waals surface area contributed by atoms with Gasteiger partial charge in [-0.15, -0.1) is 0 Å². The molecule has 0 radical (unpaired) electrons. The first-order chi connectivity index (χ1) is 12.6. The van der Waals surface area contributed by atoms with E-state index in [1.54, 1.807) is 18.2 Å². The van der Waals surface area contributed by atoms with Crippen LogP contribution in [-0.2, 0) is 11.2 Å². The summed E-state index contributed by atoms with van der Waals surface area (Å²) in [7, 11) is 0. The Kier molecular flexibility index (Phi) is 6.00. The number of ether oxygens (including phenoxy) is 1. The largest absolute Gasteiger partial charge is 0.434 e. The molecule has 1 aliphatic rings. The van der Waals surface area contributed by atoms with Crippen LogP contribution in [0.2, 0.25) is 0 Å². The number of carbonyl (C=O) groups excluding carboxylic acids is 1. The van der Waals surface area contributed by atoms with E-state index in [1.165, 1.54) is 23.8 Å². The summed E-state index contributed by atoms with van der Waals surface area (Å²) in [5, 5.41) is 0. The molecule has 0 aliphatic carbocycles. The minimum atomic E-state index is -2.89. The normalized spacial score (nSPS) is 17.2. The van der Waals surface area contributed by atoms with Crippen molar-refractivity contribution < 1.29 is 18.3 Å². The van der Waals surface area contributed by atoms with E-state index in [4.69, 9.17) is 0 Å². The van der Waals surface area contributed by atoms with Crippen LogP contribution in [0.4, 0.5) is 8.78 Å². The molecule has 3 rings (SSSR count). The number of halogens is 2. The lowest BCUT2D eigenvalue weighted by Gasteiger charge is -2.23. The van der Waals surface area contributed by atoms with Gasteiger partial charge in [0.15, 0.2) is 0 Å². The highest BCUT2D eigenvalue weighted by molar-refractivity contribution is 5.92. The lowest BCUT2D eigenvalue weighted by Crippen LogP contribution is -2.35. The van der Waals surface area contributed by atoms with Crippen molar-refractivity contribution in [1.29, 1.82) is 0 Å². The van der Waals surface area contributed by atoms with Crippen LogP contribution in [0.1, 0.15) is 24.0 Å². The molecule has 1 heterocycles. The van der Waals surface area contributed by atoms with Gasteiger partial charge in [0.1, 0.15) is 5.75 Å². The van der Waals surface area contributed by atoms with Crippen molar-refractivity contribution in [1.82, 2.24) is 4.90 Å². The third-order valence-electron chi connectivity index (χ3n) is 4.51. The average molecular weight is 357 g/mol. The summed E-state index contributed by atoms with van der Waals surface area (Å²) in [5.41, 5.74) is 1.66. The Hall–Kier alpha value is -2.69. The molecule has 0 N–H and O–H groups in total. The minimum Gasteiger partial charge on any atom is -0.434 e. The maximum Gasteiger partial charge on any atom is 0.387 e. The first-order valence-electron chi connectivity index (χ1n) is 8.70. The highest BCUT2D eigenvalue weighted by atomic mass is 19.3. The smallest absolute Gasteiger partial charge is 0.387 e. The Labute approximate surface area is 151 Å². The number of carbonyl (C=O) groups is 1. The average Bonchev–Trinajstić information content (AvgIpc) is 3.09. The molecule has 1 atom stereocenters. The maximum absolute atomic E-state index is 12.6. The van der Waals surface area contributed by atoms with Crippen LogP contribution in [-0.4, -0.2) is 30.0 Å². The highest BCUT2D eigenvalue weighted by Crippen LogP contribution is 2.24. The van der Waals surface area contributed by atoms with Crippen LogP contribution in [0, 0.1) is 0 Å². The van der Waals surface area contributed by atoms with Gasteiger partial charge in [-0.25, -0.2) is 0 Å². The maximum atomic E-state index is 12.6. The number of hydrogen-bond acceptors (Lipinski definition) is 2. The molecule has 2 aromatic rings. The van der Waals surface area contributed by atoms with E-state index in [1.807, 2.05) is 23.1 Å². The molecule has 0 spiro atoms. The van der Waals surface area contributed by atoms with Crippen molar-refractivity contribution in [2.24, 2.45) is 0 Å². The Morgan fingerprint density at radius 1 is 1.15 bits per heavy atom. The molecule has 1 unspecified atom stereocenters. The summed E-state index contributed by atoms with van der Waals surface area (Å²) in [5.74, 6) is -0.0379. The Morgan fingerprint density at radius 2 is 1.88 bits per heavy atom. The molecule has 0 bridgehead atoms. The molecule has 1 aliphatic heterocycles. The molecule has 3 nitrogen and oxygen atoms in total. The van der Waals surface area contributed by atoms with Crippen LogP contribution in [0.3, 0.4) is 0 Å². The fraction of sp³-hybridized carbons (Fsp3) is 0.286. The van der Waals surface area contributed by atoms with Gasteiger partial charge in [0, 0.05) is 24.2 Å². The SMILES string of the molecule is O=C(/C=C/c1ccccc1OC(F)F)N1CCCC1Cc1ccccc1. The monoisotopic (exact) mass is 357 g/mol. The number of nitrogens with zero attached hydrogens (tertiary/aromatic N) is 1. The van der Waals surface area contributed by atoms with Crippen LogP contribution in [0.25, 0.3) is 6.08 Å². The molecular formula is C21H21F2NO2. The summed E-state index contributed by atoms with van der Waals surface area (Å²) in [6, 6.07) is 16.7. The molecule has 26 heavy (non-hydrogen) atoms. The van der Waals surface area contributed by atoms with Gasteiger partial charge in [0.05, 0.1) is 0 Å². The lowest BCUT2D eigenvalue weighted by atomic mass is 10.0. The Morgan fingerprint density at radius 3 is 2.65 bits per heavy atom. The van der Waals surface area contributed by atoms with Crippen molar-refractivity contribution in [3.05, 3.63) is 71.8 Å². The zero-order valence-electron chi connectivity index (χ0n) is 14.4. The van der Waals surface area contributed by atoms with E-state index in [0.29, 0.717) is 5.56 Å². The second kappa shape index (κ2) is 8.61. The summed E-state index contributed by atoms with van der Waals surface area (Å²) in [4.78, 5) is 14.5. The van der Waals surface area contributed by atoms with Gasteiger partial charge < -0.3 is 9.64 Å². The summed E-state index contributed by atoms with van der Waals surface area (Å²) < 4.78 is 29.5. The predicted molar refractivity (Wildman–Crippen MR) is 97.0 cm³/mol. The van der Waals surface area contributed by atoms with Crippen molar-refractivity contribution in [2.75, 3.05) is 6.54 Å². The summed E-state index contributed by atoms with van der Waals surface area (Å²) in [6.45, 7) is -2.18. The van der Waals surface area contributed by atoms with Crippen molar-refractivity contribution >= 4 is 12.0 Å². The highest BCUT2D eigenvalue weighted by Gasteiger charge is 2.27. The van der Waals surface area contributed by atoms with Crippen LogP contribution in [0.15, 0.2) is 60.7 Å². The first kappa shape index (κ1) is 18.1. The number of amides is 1. The number of benzene rings is 2. The van der Waals surface area contributed by atoms with Gasteiger partial charge in [-0.2, -0.15) is 8.78 Å². The molecule has 1 saturated heterocycles. The van der Waals surface area contributed by atoms with Gasteiger partial charge >= 0.3 is 6.61 Å². The molecule has 136 valence electrons. The van der Waals surface area contributed by atoms with Gasteiger partial charge in [-0.3, -0.25) is 4.79 Å². The van der Waals surface area contributed by atoms with Gasteiger partial charge in [-0.05, 0) is 37.0 Å². The van der Waals surface area contributed by atoms with E-state index < -0.39 is 6.61 Å². The van der Waals surface area contributed by atoms with Crippen molar-refractivity contribution in [3.63, 3.8) is 0 Å². The third-order valence-corrected chi connectivity index (χ3v) is 4.51. The van der Waals surface area contributed by atoms with Crippen molar-refractivity contribution in [3.8, 4) is 5.75 Å². The molecule has 2 aromatic carbocycles. The van der Waals surface area contributed by atoms with Gasteiger partial charge in [-0.1, -0.05) is 48.5 Å². The molecular weight excluding hydrogens is 336 g/mol. The van der Waals surface area contributed by atoms with Crippen LogP contribution < -0.4 is 4.74 Å². The van der Waals surface area contributed by atoms with E-state index in [9.17, 15) is 13.6 Å². The van der Waals surface area contributed by atoms with E-state index in [0.717, 1.165) is 25.8 Å². The zero-order valence-corrected chi connectivity index (χ0v) is 14.4. The van der Waals surface area contributed by atoms with Crippen LogP contribution >= 0.6 is 0 Å². The Bertz CT molecular complexity index is 762. The number of likely N-dealkylation sites (tertiary alicyclic amines) is 1. The molecule has 0 saturated carbocycles. The van der Waals surface area contributed by atoms with Crippen LogP contribution in [0.5, 0.6) is 5.75 Å². The standard InChI is InChI=1S/C21H21F2NO2/c22-21(23)26-19-11-5-4-9-17(19)12-13-20(25)24-14-6-10-18(24)15-16-7-2-1-3-8-16/h1-5,7-9,11-13,18,21H,6,10,14-15H2/b13-12+. The quantitative estimate of drug-likeness (QED) is 0.711. The number of para-hydroxylation sites is 1. The first-order valence-corrected chi connectivity index (χ1v) is 8.70. The summed E-state index contributed by atoms with van der Waals surface area (Å²) in [6.07, 6.45) is 5.75. The molecule has 5 heteroatoms. The van der Waals surface area contributed by atoms with Gasteiger partial charge in [0.2, 0.25) is 5.91 Å². The number of rotatable bonds is 6. The topological polar surface area (TPSA) is 29.5 Å². The van der Waals surface area contributed by atoms with Gasteiger partial charge in [0.25, 0.3) is 0 Å². The number of hydrogen-bond donors (Lipinski definition) is 0. The second-order valence-electron chi connectivity index (χ2n) is 6.27. The fourth-order valence-corrected chi connectivity index (χ4v) is 3.30. The van der Waals surface area contributed by atoms with Crippen molar-refractivity contribution in [2.45, 2.75) is 31.9 Å². The molecule has 1 fully saturated rings. The Balaban J connectivity index is 1.68. The zero-order chi connectivity index (χ0) is 18.4. The van der Waals surface area contributed by atoms with E-state index in [2.05, 4.69) is 16.9 Å².